The largest absolute Gasteiger partial charge is 0.0622 e. The molecular weight excluding hydrogens is 721 g/mol. The zero-order chi connectivity index (χ0) is 40.4. The maximum Gasteiger partial charge on any atom is -0.00137 e. The Morgan fingerprint density at radius 1 is 0.250 bits per heavy atom. The van der Waals surface area contributed by atoms with Crippen molar-refractivity contribution in [1.82, 2.24) is 0 Å². The maximum absolute atomic E-state index is 2.48. The highest BCUT2D eigenvalue weighted by atomic mass is 14.3. The van der Waals surface area contributed by atoms with Crippen LogP contribution in [0.5, 0.6) is 0 Å². The second kappa shape index (κ2) is 14.2. The summed E-state index contributed by atoms with van der Waals surface area (Å²) in [6, 6.07) is 79.2. The molecule has 11 rings (SSSR count). The molecular formula is C60H44. The molecule has 11 aromatic carbocycles. The third-order valence-corrected chi connectivity index (χ3v) is 12.6. The lowest BCUT2D eigenvalue weighted by Gasteiger charge is -2.22. The number of hydrogen-bond donors (Lipinski definition) is 0. The van der Waals surface area contributed by atoms with Crippen LogP contribution < -0.4 is 0 Å². The van der Waals surface area contributed by atoms with Gasteiger partial charge in [-0.25, -0.2) is 0 Å². The van der Waals surface area contributed by atoms with E-state index < -0.39 is 0 Å². The molecule has 284 valence electrons. The Labute approximate surface area is 352 Å². The first-order chi connectivity index (χ1) is 29.4. The third kappa shape index (κ3) is 6.07. The van der Waals surface area contributed by atoms with E-state index in [1.54, 1.807) is 0 Å². The van der Waals surface area contributed by atoms with Gasteiger partial charge in [0, 0.05) is 0 Å². The summed E-state index contributed by atoms with van der Waals surface area (Å²) >= 11 is 0. The Balaban J connectivity index is 1.30. The van der Waals surface area contributed by atoms with E-state index in [1.165, 1.54) is 115 Å². The highest BCUT2D eigenvalue weighted by Gasteiger charge is 2.23. The summed E-state index contributed by atoms with van der Waals surface area (Å²) < 4.78 is 0. The first kappa shape index (κ1) is 35.8. The second-order valence-electron chi connectivity index (χ2n) is 17.3. The van der Waals surface area contributed by atoms with E-state index in [1.807, 2.05) is 0 Å². The molecule has 0 aliphatic heterocycles. The van der Waals surface area contributed by atoms with Gasteiger partial charge < -0.3 is 0 Å². The fourth-order valence-electron chi connectivity index (χ4n) is 9.53. The number of rotatable bonds is 5. The first-order valence-electron chi connectivity index (χ1n) is 21.1. The fraction of sp³-hybridized carbons (Fsp3) is 0.0667. The number of benzene rings is 11. The monoisotopic (exact) mass is 764 g/mol. The zero-order valence-corrected chi connectivity index (χ0v) is 34.2. The molecule has 11 aromatic rings. The minimum atomic E-state index is 0.0866. The molecule has 60 heavy (non-hydrogen) atoms. The van der Waals surface area contributed by atoms with Gasteiger partial charge in [-0.2, -0.15) is 0 Å². The minimum absolute atomic E-state index is 0.0866. The molecule has 0 aromatic heterocycles. The summed E-state index contributed by atoms with van der Waals surface area (Å²) in [6.45, 7) is 6.84. The van der Waals surface area contributed by atoms with E-state index in [0.717, 1.165) is 0 Å². The Kier molecular flexibility index (Phi) is 8.50. The van der Waals surface area contributed by atoms with Gasteiger partial charge in [0.15, 0.2) is 0 Å². The van der Waals surface area contributed by atoms with E-state index in [2.05, 4.69) is 233 Å². The van der Waals surface area contributed by atoms with Gasteiger partial charge in [-0.1, -0.05) is 209 Å². The Morgan fingerprint density at radius 3 is 1.23 bits per heavy atom. The molecule has 0 heterocycles. The lowest BCUT2D eigenvalue weighted by atomic mass is 9.80. The van der Waals surface area contributed by atoms with E-state index in [0.29, 0.717) is 0 Å². The van der Waals surface area contributed by atoms with Crippen molar-refractivity contribution in [2.24, 2.45) is 0 Å². The van der Waals surface area contributed by atoms with Gasteiger partial charge in [-0.3, -0.25) is 0 Å². The highest BCUT2D eigenvalue weighted by molar-refractivity contribution is 6.26. The van der Waals surface area contributed by atoms with E-state index in [-0.39, 0.29) is 5.41 Å². The van der Waals surface area contributed by atoms with Gasteiger partial charge in [-0.05, 0) is 145 Å². The van der Waals surface area contributed by atoms with Crippen molar-refractivity contribution in [1.29, 1.82) is 0 Å². The van der Waals surface area contributed by atoms with Crippen LogP contribution in [-0.4, -0.2) is 0 Å². The summed E-state index contributed by atoms with van der Waals surface area (Å²) in [5.41, 5.74) is 13.7. The average molecular weight is 765 g/mol. The van der Waals surface area contributed by atoms with Crippen LogP contribution >= 0.6 is 0 Å². The van der Waals surface area contributed by atoms with Gasteiger partial charge in [0.1, 0.15) is 0 Å². The normalized spacial score (nSPS) is 11.9. The molecule has 0 radical (unpaired) electrons. The molecule has 0 heteroatoms. The lowest BCUT2D eigenvalue weighted by molar-refractivity contribution is 0.590. The van der Waals surface area contributed by atoms with Gasteiger partial charge in [-0.15, -0.1) is 0 Å². The van der Waals surface area contributed by atoms with Crippen LogP contribution in [-0.2, 0) is 5.41 Å². The van der Waals surface area contributed by atoms with Crippen molar-refractivity contribution in [3.8, 4) is 55.6 Å². The molecule has 0 unspecified atom stereocenters. The van der Waals surface area contributed by atoms with Crippen LogP contribution in [0.15, 0.2) is 212 Å². The smallest absolute Gasteiger partial charge is 0.00137 e. The SMILES string of the molecule is CC(C)(C)c1ccc(-c2ccc3c(c2)c(-c2cccc4ccccc24)c(-c2cccc4ccccc24)c2cc(-c4cc5ccccc5cc4-c4ccccc4)ccc23)cc1. The molecule has 0 atom stereocenters. The van der Waals surface area contributed by atoms with Gasteiger partial charge in [0.25, 0.3) is 0 Å². The summed E-state index contributed by atoms with van der Waals surface area (Å²) in [5.74, 6) is 0. The highest BCUT2D eigenvalue weighted by Crippen LogP contribution is 2.50. The molecule has 0 bridgehead atoms. The van der Waals surface area contributed by atoms with Gasteiger partial charge in [0.2, 0.25) is 0 Å². The van der Waals surface area contributed by atoms with E-state index in [9.17, 15) is 0 Å². The van der Waals surface area contributed by atoms with Crippen LogP contribution in [0.4, 0.5) is 0 Å². The topological polar surface area (TPSA) is 0 Å². The van der Waals surface area contributed by atoms with Gasteiger partial charge >= 0.3 is 0 Å². The van der Waals surface area contributed by atoms with Gasteiger partial charge in [0.05, 0.1) is 0 Å². The number of fused-ring (bicyclic) bond motifs is 6. The molecule has 0 spiro atoms. The molecule has 0 N–H and O–H groups in total. The maximum atomic E-state index is 2.48. The predicted octanol–water partition coefficient (Wildman–Crippen LogP) is 17.1. The standard InChI is InChI=1S/C60H44/c1-60(2,3)47-31-27-39(28-32-47)45-29-33-50-51-34-30-46(55-36-44-20-8-7-19-43(44)35-54(55)42-15-5-4-6-16-42)38-57(51)59(53-26-14-22-41-18-10-12-24-49(41)53)58(56(50)37-45)52-25-13-21-40-17-9-11-23-48(40)52/h4-38H,1-3H3. The molecule has 0 fully saturated rings. The molecule has 0 saturated carbocycles. The van der Waals surface area contributed by atoms with Crippen LogP contribution in [0, 0.1) is 0 Å². The second-order valence-corrected chi connectivity index (χ2v) is 17.3. The van der Waals surface area contributed by atoms with Crippen LogP contribution in [0.3, 0.4) is 0 Å². The molecule has 0 aliphatic carbocycles. The Bertz CT molecular complexity index is 3420. The molecule has 0 saturated heterocycles. The predicted molar refractivity (Wildman–Crippen MR) is 260 cm³/mol. The van der Waals surface area contributed by atoms with Crippen molar-refractivity contribution in [2.45, 2.75) is 26.2 Å². The lowest BCUT2D eigenvalue weighted by Crippen LogP contribution is -2.10. The average Bonchev–Trinajstić information content (AvgIpc) is 3.30. The third-order valence-electron chi connectivity index (χ3n) is 12.6. The van der Waals surface area contributed by atoms with Crippen molar-refractivity contribution in [2.75, 3.05) is 0 Å². The zero-order valence-electron chi connectivity index (χ0n) is 34.2. The number of hydrogen-bond acceptors (Lipinski definition) is 0. The summed E-state index contributed by atoms with van der Waals surface area (Å²) in [4.78, 5) is 0. The van der Waals surface area contributed by atoms with Crippen molar-refractivity contribution in [3.05, 3.63) is 218 Å². The molecule has 0 nitrogen and oxygen atoms in total. The molecule has 0 aliphatic rings. The summed E-state index contributed by atoms with van der Waals surface area (Å²) in [7, 11) is 0. The summed E-state index contributed by atoms with van der Waals surface area (Å²) in [6.07, 6.45) is 0. The first-order valence-corrected chi connectivity index (χ1v) is 21.1. The van der Waals surface area contributed by atoms with Crippen LogP contribution in [0.25, 0.3) is 109 Å². The molecule has 0 amide bonds. The minimum Gasteiger partial charge on any atom is -0.0622 e. The quantitative estimate of drug-likeness (QED) is 0.153. The Morgan fingerprint density at radius 2 is 0.683 bits per heavy atom. The fourth-order valence-corrected chi connectivity index (χ4v) is 9.53. The van der Waals surface area contributed by atoms with Crippen molar-refractivity contribution in [3.63, 3.8) is 0 Å². The van der Waals surface area contributed by atoms with Crippen molar-refractivity contribution < 1.29 is 0 Å². The van der Waals surface area contributed by atoms with Crippen molar-refractivity contribution >= 4 is 53.9 Å². The van der Waals surface area contributed by atoms with E-state index in [4.69, 9.17) is 0 Å². The van der Waals surface area contributed by atoms with Crippen LogP contribution in [0.1, 0.15) is 26.3 Å². The Hall–Kier alpha value is -7.28. The van der Waals surface area contributed by atoms with Crippen LogP contribution in [0.2, 0.25) is 0 Å². The summed E-state index contributed by atoms with van der Waals surface area (Å²) in [5, 5.41) is 12.4. The van der Waals surface area contributed by atoms with E-state index >= 15 is 0 Å².